The molecule has 106 valence electrons. The molecule has 20 heavy (non-hydrogen) atoms. The van der Waals surface area contributed by atoms with Crippen LogP contribution >= 0.6 is 0 Å². The molecule has 1 aromatic carbocycles. The second-order valence-electron chi connectivity index (χ2n) is 4.78. The molecule has 2 rings (SSSR count). The van der Waals surface area contributed by atoms with Crippen molar-refractivity contribution in [3.63, 3.8) is 0 Å². The summed E-state index contributed by atoms with van der Waals surface area (Å²) in [6.45, 7) is 8.48. The van der Waals surface area contributed by atoms with Crippen LogP contribution in [0, 0.1) is 12.3 Å². The fourth-order valence-corrected chi connectivity index (χ4v) is 2.38. The molecule has 1 aliphatic heterocycles. The summed E-state index contributed by atoms with van der Waals surface area (Å²) in [6.07, 6.45) is 7.99. The Labute approximate surface area is 121 Å². The number of nitrogens with zero attached hydrogens (tertiary/aromatic N) is 1. The normalized spacial score (nSPS) is 15.6. The summed E-state index contributed by atoms with van der Waals surface area (Å²) in [5.41, 5.74) is 2.32. The van der Waals surface area contributed by atoms with Crippen LogP contribution in [0.3, 0.4) is 0 Å². The van der Waals surface area contributed by atoms with Crippen molar-refractivity contribution in [3.05, 3.63) is 42.0 Å². The number of hydrogen-bond acceptors (Lipinski definition) is 3. The Kier molecular flexibility index (Phi) is 5.67. The van der Waals surface area contributed by atoms with Crippen molar-refractivity contribution < 1.29 is 9.47 Å². The summed E-state index contributed by atoms with van der Waals surface area (Å²) in [5.74, 6) is 3.45. The molecule has 1 fully saturated rings. The molecule has 3 nitrogen and oxygen atoms in total. The smallest absolute Gasteiger partial charge is 0.148 e. The maximum absolute atomic E-state index is 5.77. The molecule has 0 atom stereocenters. The largest absolute Gasteiger partial charge is 0.480 e. The predicted molar refractivity (Wildman–Crippen MR) is 80.8 cm³/mol. The maximum atomic E-state index is 5.77. The molecule has 1 aromatic rings. The van der Waals surface area contributed by atoms with Gasteiger partial charge in [0.05, 0.1) is 13.2 Å². The first-order chi connectivity index (χ1) is 9.85. The predicted octanol–water partition coefficient (Wildman–Crippen LogP) is 2.26. The Morgan fingerprint density at radius 1 is 1.35 bits per heavy atom. The van der Waals surface area contributed by atoms with E-state index in [4.69, 9.17) is 15.9 Å². The Hall–Kier alpha value is -1.76. The maximum Gasteiger partial charge on any atom is 0.148 e. The molecular formula is C17H21NO2. The Bertz CT molecular complexity index is 484. The topological polar surface area (TPSA) is 21.7 Å². The SMILES string of the molecule is C#CCOc1c(CC=C)cccc1CN1CCOCC1. The lowest BCUT2D eigenvalue weighted by Gasteiger charge is -2.27. The standard InChI is InChI=1S/C17H21NO2/c1-3-6-15-7-5-8-16(17(15)20-11-4-2)14-18-9-12-19-13-10-18/h2-3,5,7-8H,1,6,9-14H2. The van der Waals surface area contributed by atoms with Crippen molar-refractivity contribution in [2.75, 3.05) is 32.9 Å². The zero-order valence-corrected chi connectivity index (χ0v) is 11.8. The van der Waals surface area contributed by atoms with Gasteiger partial charge in [-0.3, -0.25) is 4.90 Å². The van der Waals surface area contributed by atoms with Gasteiger partial charge >= 0.3 is 0 Å². The van der Waals surface area contributed by atoms with E-state index in [-0.39, 0.29) is 0 Å². The summed E-state index contributed by atoms with van der Waals surface area (Å²) in [6, 6.07) is 6.24. The monoisotopic (exact) mass is 271 g/mol. The Balaban J connectivity index is 2.18. The van der Waals surface area contributed by atoms with Gasteiger partial charge in [0.25, 0.3) is 0 Å². The molecule has 1 heterocycles. The van der Waals surface area contributed by atoms with Crippen molar-refractivity contribution in [1.82, 2.24) is 4.90 Å². The number of allylic oxidation sites excluding steroid dienone is 1. The molecule has 0 aliphatic carbocycles. The van der Waals surface area contributed by atoms with Gasteiger partial charge in [-0.25, -0.2) is 0 Å². The van der Waals surface area contributed by atoms with Crippen LogP contribution < -0.4 is 4.74 Å². The van der Waals surface area contributed by atoms with Gasteiger partial charge in [-0.05, 0) is 12.0 Å². The van der Waals surface area contributed by atoms with Gasteiger partial charge in [0.1, 0.15) is 12.4 Å². The molecule has 0 radical (unpaired) electrons. The Morgan fingerprint density at radius 2 is 2.10 bits per heavy atom. The second kappa shape index (κ2) is 7.74. The number of morpholine rings is 1. The zero-order valence-electron chi connectivity index (χ0n) is 11.8. The zero-order chi connectivity index (χ0) is 14.2. The van der Waals surface area contributed by atoms with E-state index >= 15 is 0 Å². The van der Waals surface area contributed by atoms with E-state index in [0.29, 0.717) is 6.61 Å². The summed E-state index contributed by atoms with van der Waals surface area (Å²) < 4.78 is 11.2. The molecule has 0 saturated carbocycles. The number of rotatable bonds is 6. The fourth-order valence-electron chi connectivity index (χ4n) is 2.38. The van der Waals surface area contributed by atoms with E-state index in [1.807, 2.05) is 6.08 Å². The van der Waals surface area contributed by atoms with E-state index in [2.05, 4.69) is 35.6 Å². The molecule has 0 unspecified atom stereocenters. The minimum atomic E-state index is 0.296. The van der Waals surface area contributed by atoms with Crippen LogP contribution in [0.5, 0.6) is 5.75 Å². The third-order valence-corrected chi connectivity index (χ3v) is 3.34. The lowest BCUT2D eigenvalue weighted by atomic mass is 10.1. The van der Waals surface area contributed by atoms with Crippen molar-refractivity contribution in [1.29, 1.82) is 0 Å². The van der Waals surface area contributed by atoms with Gasteiger partial charge in [0.15, 0.2) is 0 Å². The number of benzene rings is 1. The fraction of sp³-hybridized carbons (Fsp3) is 0.412. The van der Waals surface area contributed by atoms with E-state index in [0.717, 1.165) is 50.6 Å². The molecule has 0 bridgehead atoms. The average Bonchev–Trinajstić information content (AvgIpc) is 2.48. The molecule has 0 N–H and O–H groups in total. The highest BCUT2D eigenvalue weighted by molar-refractivity contribution is 5.42. The highest BCUT2D eigenvalue weighted by atomic mass is 16.5. The lowest BCUT2D eigenvalue weighted by Crippen LogP contribution is -2.35. The summed E-state index contributed by atoms with van der Waals surface area (Å²) in [5, 5.41) is 0. The van der Waals surface area contributed by atoms with E-state index < -0.39 is 0 Å². The van der Waals surface area contributed by atoms with Crippen molar-refractivity contribution >= 4 is 0 Å². The van der Waals surface area contributed by atoms with E-state index in [1.165, 1.54) is 5.56 Å². The number of terminal acetylenes is 1. The highest BCUT2D eigenvalue weighted by Crippen LogP contribution is 2.26. The van der Waals surface area contributed by atoms with Crippen LogP contribution in [-0.2, 0) is 17.7 Å². The summed E-state index contributed by atoms with van der Waals surface area (Å²) in [7, 11) is 0. The molecule has 0 spiro atoms. The minimum absolute atomic E-state index is 0.296. The quantitative estimate of drug-likeness (QED) is 0.585. The van der Waals surface area contributed by atoms with Crippen LogP contribution in [0.15, 0.2) is 30.9 Å². The number of para-hydroxylation sites is 1. The molecule has 0 aromatic heterocycles. The van der Waals surface area contributed by atoms with E-state index in [1.54, 1.807) is 0 Å². The van der Waals surface area contributed by atoms with Crippen molar-refractivity contribution in [2.24, 2.45) is 0 Å². The first-order valence-electron chi connectivity index (χ1n) is 6.93. The van der Waals surface area contributed by atoms with Gasteiger partial charge < -0.3 is 9.47 Å². The van der Waals surface area contributed by atoms with Gasteiger partial charge in [-0.15, -0.1) is 13.0 Å². The number of hydrogen-bond donors (Lipinski definition) is 0. The van der Waals surface area contributed by atoms with E-state index in [9.17, 15) is 0 Å². The summed E-state index contributed by atoms with van der Waals surface area (Å²) >= 11 is 0. The molecule has 0 amide bonds. The van der Waals surface area contributed by atoms with Crippen molar-refractivity contribution in [3.8, 4) is 18.1 Å². The third kappa shape index (κ3) is 3.86. The second-order valence-corrected chi connectivity index (χ2v) is 4.78. The molecule has 1 aliphatic rings. The Morgan fingerprint density at radius 3 is 2.80 bits per heavy atom. The average molecular weight is 271 g/mol. The minimum Gasteiger partial charge on any atom is -0.480 e. The van der Waals surface area contributed by atoms with Gasteiger partial charge in [-0.1, -0.05) is 30.2 Å². The molecule has 1 saturated heterocycles. The molecule has 3 heteroatoms. The third-order valence-electron chi connectivity index (χ3n) is 3.34. The van der Waals surface area contributed by atoms with Crippen molar-refractivity contribution in [2.45, 2.75) is 13.0 Å². The van der Waals surface area contributed by atoms with Crippen LogP contribution in [0.4, 0.5) is 0 Å². The van der Waals surface area contributed by atoms with Gasteiger partial charge in [0, 0.05) is 25.2 Å². The lowest BCUT2D eigenvalue weighted by molar-refractivity contribution is 0.0338. The van der Waals surface area contributed by atoms with Gasteiger partial charge in [0.2, 0.25) is 0 Å². The summed E-state index contributed by atoms with van der Waals surface area (Å²) in [4.78, 5) is 2.37. The first-order valence-corrected chi connectivity index (χ1v) is 6.93. The number of ether oxygens (including phenoxy) is 2. The first kappa shape index (κ1) is 14.6. The van der Waals surface area contributed by atoms with Crippen LogP contribution in [0.2, 0.25) is 0 Å². The van der Waals surface area contributed by atoms with Crippen LogP contribution in [-0.4, -0.2) is 37.8 Å². The van der Waals surface area contributed by atoms with Crippen LogP contribution in [0.1, 0.15) is 11.1 Å². The molecular weight excluding hydrogens is 250 g/mol. The van der Waals surface area contributed by atoms with Gasteiger partial charge in [-0.2, -0.15) is 0 Å². The highest BCUT2D eigenvalue weighted by Gasteiger charge is 2.15. The van der Waals surface area contributed by atoms with Crippen LogP contribution in [0.25, 0.3) is 0 Å².